The summed E-state index contributed by atoms with van der Waals surface area (Å²) in [5.74, 6) is -0.888. The van der Waals surface area contributed by atoms with Gasteiger partial charge in [0.2, 0.25) is 15.9 Å². The van der Waals surface area contributed by atoms with E-state index in [4.69, 9.17) is 4.52 Å². The summed E-state index contributed by atoms with van der Waals surface area (Å²) in [5, 5.41) is 8.81. The summed E-state index contributed by atoms with van der Waals surface area (Å²) >= 11 is 0. The molecule has 0 aliphatic rings. The molecule has 1 aromatic heterocycles. The molecule has 2 aromatic rings. The van der Waals surface area contributed by atoms with Crippen molar-refractivity contribution in [1.82, 2.24) is 15.2 Å². The van der Waals surface area contributed by atoms with Gasteiger partial charge in [-0.15, -0.1) is 6.58 Å². The number of carbonyl (C=O) groups excluding carboxylic acids is 2. The lowest BCUT2D eigenvalue weighted by Gasteiger charge is -2.16. The first-order valence-electron chi connectivity index (χ1n) is 8.41. The van der Waals surface area contributed by atoms with Gasteiger partial charge in [0.1, 0.15) is 10.6 Å². The standard InChI is InChI=1S/C18H22N4O5S/c1-5-10-19-18(24)14-8-6-7-9-15(14)20-17(23)12(3)22-28(25,26)16-11(2)21-27-13(16)4/h5-9,12,22H,1,10H2,2-4H3,(H,19,24)(H,20,23)/t12-/m0/s1. The van der Waals surface area contributed by atoms with E-state index in [1.54, 1.807) is 24.3 Å². The van der Waals surface area contributed by atoms with E-state index < -0.39 is 22.0 Å². The molecule has 0 aliphatic heterocycles. The van der Waals surface area contributed by atoms with Crippen LogP contribution in [0.3, 0.4) is 0 Å². The third kappa shape index (κ3) is 4.84. The molecule has 0 spiro atoms. The lowest BCUT2D eigenvalue weighted by Crippen LogP contribution is -2.42. The fourth-order valence-corrected chi connectivity index (χ4v) is 4.03. The molecule has 28 heavy (non-hydrogen) atoms. The third-order valence-corrected chi connectivity index (χ3v) is 5.58. The van der Waals surface area contributed by atoms with Crippen LogP contribution in [-0.4, -0.2) is 38.0 Å². The van der Waals surface area contributed by atoms with Crippen molar-refractivity contribution < 1.29 is 22.5 Å². The normalized spacial score (nSPS) is 12.2. The van der Waals surface area contributed by atoms with Crippen LogP contribution in [0.4, 0.5) is 5.69 Å². The van der Waals surface area contributed by atoms with Gasteiger partial charge < -0.3 is 15.2 Å². The molecule has 10 heteroatoms. The van der Waals surface area contributed by atoms with Crippen LogP contribution in [0.15, 0.2) is 46.3 Å². The van der Waals surface area contributed by atoms with E-state index >= 15 is 0 Å². The summed E-state index contributed by atoms with van der Waals surface area (Å²) in [5.41, 5.74) is 0.706. The van der Waals surface area contributed by atoms with E-state index in [0.29, 0.717) is 0 Å². The van der Waals surface area contributed by atoms with E-state index in [1.165, 1.54) is 26.8 Å². The Hall–Kier alpha value is -2.98. The number of nitrogens with one attached hydrogen (secondary N) is 3. The van der Waals surface area contributed by atoms with E-state index in [-0.39, 0.29) is 40.1 Å². The molecule has 2 amide bonds. The number of rotatable bonds is 8. The van der Waals surface area contributed by atoms with Crippen LogP contribution in [0.5, 0.6) is 0 Å². The Balaban J connectivity index is 2.15. The second-order valence-corrected chi connectivity index (χ2v) is 7.68. The van der Waals surface area contributed by atoms with Crippen molar-refractivity contribution in [3.8, 4) is 0 Å². The average molecular weight is 406 g/mol. The molecule has 0 fully saturated rings. The summed E-state index contributed by atoms with van der Waals surface area (Å²) in [6.07, 6.45) is 1.53. The molecule has 150 valence electrons. The summed E-state index contributed by atoms with van der Waals surface area (Å²) in [6, 6.07) is 5.30. The van der Waals surface area contributed by atoms with Crippen molar-refractivity contribution in [3.63, 3.8) is 0 Å². The number of nitrogens with zero attached hydrogens (tertiary/aromatic N) is 1. The summed E-state index contributed by atoms with van der Waals surface area (Å²) in [7, 11) is -4.01. The first kappa shape index (κ1) is 21.3. The molecule has 2 rings (SSSR count). The molecular weight excluding hydrogens is 384 g/mol. The Morgan fingerprint density at radius 3 is 2.57 bits per heavy atom. The Morgan fingerprint density at radius 2 is 1.96 bits per heavy atom. The average Bonchev–Trinajstić information content (AvgIpc) is 2.98. The van der Waals surface area contributed by atoms with Gasteiger partial charge in [-0.2, -0.15) is 4.72 Å². The first-order chi connectivity index (χ1) is 13.2. The molecule has 3 N–H and O–H groups in total. The van der Waals surface area contributed by atoms with Crippen molar-refractivity contribution in [2.24, 2.45) is 0 Å². The van der Waals surface area contributed by atoms with Crippen LogP contribution < -0.4 is 15.4 Å². The number of amides is 2. The fraction of sp³-hybridized carbons (Fsp3) is 0.278. The number of carbonyl (C=O) groups is 2. The lowest BCUT2D eigenvalue weighted by molar-refractivity contribution is -0.117. The van der Waals surface area contributed by atoms with Crippen molar-refractivity contribution in [2.45, 2.75) is 31.7 Å². The van der Waals surface area contributed by atoms with Crippen LogP contribution in [0, 0.1) is 13.8 Å². The van der Waals surface area contributed by atoms with Gasteiger partial charge in [-0.3, -0.25) is 9.59 Å². The van der Waals surface area contributed by atoms with Gasteiger partial charge in [0.05, 0.1) is 17.3 Å². The van der Waals surface area contributed by atoms with Gasteiger partial charge in [0.15, 0.2) is 5.76 Å². The van der Waals surface area contributed by atoms with E-state index in [9.17, 15) is 18.0 Å². The number of hydrogen-bond donors (Lipinski definition) is 3. The Bertz CT molecular complexity index is 978. The number of aryl methyl sites for hydroxylation is 2. The highest BCUT2D eigenvalue weighted by atomic mass is 32.2. The van der Waals surface area contributed by atoms with Crippen LogP contribution in [0.2, 0.25) is 0 Å². The number of para-hydroxylation sites is 1. The van der Waals surface area contributed by atoms with Crippen molar-refractivity contribution >= 4 is 27.5 Å². The minimum absolute atomic E-state index is 0.101. The number of aromatic nitrogens is 1. The predicted octanol–water partition coefficient (Wildman–Crippen LogP) is 1.51. The molecule has 0 aliphatic carbocycles. The van der Waals surface area contributed by atoms with Crippen LogP contribution in [0.1, 0.15) is 28.7 Å². The van der Waals surface area contributed by atoms with Gasteiger partial charge in [0, 0.05) is 6.54 Å². The summed E-state index contributed by atoms with van der Waals surface area (Å²) in [6.45, 7) is 8.16. The highest BCUT2D eigenvalue weighted by Crippen LogP contribution is 2.19. The maximum atomic E-state index is 12.5. The Labute approximate surface area is 163 Å². The molecule has 0 saturated carbocycles. The zero-order valence-electron chi connectivity index (χ0n) is 15.8. The molecule has 9 nitrogen and oxygen atoms in total. The third-order valence-electron chi connectivity index (χ3n) is 3.80. The smallest absolute Gasteiger partial charge is 0.253 e. The van der Waals surface area contributed by atoms with Crippen LogP contribution >= 0.6 is 0 Å². The second-order valence-electron chi connectivity index (χ2n) is 6.03. The largest absolute Gasteiger partial charge is 0.360 e. The topological polar surface area (TPSA) is 130 Å². The van der Waals surface area contributed by atoms with Gasteiger partial charge in [-0.05, 0) is 32.9 Å². The predicted molar refractivity (Wildman–Crippen MR) is 103 cm³/mol. The second kappa shape index (κ2) is 8.81. The number of sulfonamides is 1. The molecular formula is C18H22N4O5S. The van der Waals surface area contributed by atoms with Crippen LogP contribution in [-0.2, 0) is 14.8 Å². The maximum Gasteiger partial charge on any atom is 0.253 e. The van der Waals surface area contributed by atoms with Gasteiger partial charge >= 0.3 is 0 Å². The maximum absolute atomic E-state index is 12.5. The Kier molecular flexibility index (Phi) is 6.71. The monoisotopic (exact) mass is 406 g/mol. The quantitative estimate of drug-likeness (QED) is 0.570. The van der Waals surface area contributed by atoms with Gasteiger partial charge in [-0.1, -0.05) is 23.4 Å². The number of hydrogen-bond acceptors (Lipinski definition) is 6. The molecule has 1 heterocycles. The molecule has 1 aromatic carbocycles. The summed E-state index contributed by atoms with van der Waals surface area (Å²) < 4.78 is 32.2. The van der Waals surface area contributed by atoms with Gasteiger partial charge in [-0.25, -0.2) is 8.42 Å². The Morgan fingerprint density at radius 1 is 1.29 bits per heavy atom. The van der Waals surface area contributed by atoms with E-state index in [0.717, 1.165) is 0 Å². The van der Waals surface area contributed by atoms with Crippen molar-refractivity contribution in [1.29, 1.82) is 0 Å². The van der Waals surface area contributed by atoms with E-state index in [2.05, 4.69) is 27.1 Å². The molecule has 0 unspecified atom stereocenters. The van der Waals surface area contributed by atoms with E-state index in [1.807, 2.05) is 0 Å². The molecule has 0 saturated heterocycles. The van der Waals surface area contributed by atoms with Crippen LogP contribution in [0.25, 0.3) is 0 Å². The fourth-order valence-electron chi connectivity index (χ4n) is 2.49. The zero-order valence-corrected chi connectivity index (χ0v) is 16.6. The molecule has 0 radical (unpaired) electrons. The highest BCUT2D eigenvalue weighted by Gasteiger charge is 2.28. The van der Waals surface area contributed by atoms with Crippen molar-refractivity contribution in [3.05, 3.63) is 53.9 Å². The summed E-state index contributed by atoms with van der Waals surface area (Å²) in [4.78, 5) is 24.6. The number of benzene rings is 1. The number of anilines is 1. The van der Waals surface area contributed by atoms with Crippen molar-refractivity contribution in [2.75, 3.05) is 11.9 Å². The molecule has 0 bridgehead atoms. The minimum atomic E-state index is -4.01. The SMILES string of the molecule is C=CCNC(=O)c1ccccc1NC(=O)[C@H](C)NS(=O)(=O)c1c(C)noc1C. The zero-order chi connectivity index (χ0) is 20.9. The minimum Gasteiger partial charge on any atom is -0.360 e. The lowest BCUT2D eigenvalue weighted by atomic mass is 10.1. The first-order valence-corrected chi connectivity index (χ1v) is 9.90. The highest BCUT2D eigenvalue weighted by molar-refractivity contribution is 7.89. The molecule has 1 atom stereocenters. The van der Waals surface area contributed by atoms with Gasteiger partial charge in [0.25, 0.3) is 5.91 Å².